The Hall–Kier alpha value is -2.45. The zero-order valence-corrected chi connectivity index (χ0v) is 16.9. The maximum atomic E-state index is 12.0. The van der Waals surface area contributed by atoms with Crippen LogP contribution in [0.3, 0.4) is 0 Å². The van der Waals surface area contributed by atoms with E-state index in [0.29, 0.717) is 17.4 Å². The molecule has 0 saturated heterocycles. The van der Waals surface area contributed by atoms with E-state index in [-0.39, 0.29) is 11.7 Å². The minimum absolute atomic E-state index is 0.0813. The summed E-state index contributed by atoms with van der Waals surface area (Å²) in [4.78, 5) is 32.7. The monoisotopic (exact) mass is 444 g/mol. The van der Waals surface area contributed by atoms with Crippen molar-refractivity contribution < 1.29 is 9.59 Å². The molecule has 0 atom stereocenters. The molecule has 0 spiro atoms. The van der Waals surface area contributed by atoms with Gasteiger partial charge in [0, 0.05) is 22.0 Å². The molecule has 3 aromatic rings. The average molecular weight is 445 g/mol. The Balaban J connectivity index is 1.86. The van der Waals surface area contributed by atoms with E-state index in [1.165, 1.54) is 11.8 Å². The number of nitrogens with zero attached hydrogens (tertiary/aromatic N) is 2. The quantitative estimate of drug-likeness (QED) is 0.458. The fraction of sp³-hybridized carbons (Fsp3) is 0.158. The van der Waals surface area contributed by atoms with Gasteiger partial charge in [0.05, 0.1) is 11.3 Å². The van der Waals surface area contributed by atoms with Crippen molar-refractivity contribution in [2.75, 3.05) is 12.3 Å². The lowest BCUT2D eigenvalue weighted by Crippen LogP contribution is -2.40. The summed E-state index contributed by atoms with van der Waals surface area (Å²) in [6.07, 6.45) is 0. The Morgan fingerprint density at radius 1 is 1.07 bits per heavy atom. The lowest BCUT2D eigenvalue weighted by Gasteiger charge is -2.09. The van der Waals surface area contributed by atoms with Crippen molar-refractivity contribution in [3.63, 3.8) is 0 Å². The van der Waals surface area contributed by atoms with Crippen LogP contribution in [0.15, 0.2) is 58.0 Å². The number of imide groups is 1. The lowest BCUT2D eigenvalue weighted by molar-refractivity contribution is -0.117. The van der Waals surface area contributed by atoms with Crippen LogP contribution in [0.25, 0.3) is 22.3 Å². The first-order valence-electron chi connectivity index (χ1n) is 8.30. The molecule has 0 aliphatic carbocycles. The highest BCUT2D eigenvalue weighted by atomic mass is 79.9. The summed E-state index contributed by atoms with van der Waals surface area (Å²) in [7, 11) is 0. The molecule has 0 fully saturated rings. The van der Waals surface area contributed by atoms with Crippen molar-refractivity contribution in [2.45, 2.75) is 11.9 Å². The van der Waals surface area contributed by atoms with E-state index >= 15 is 0 Å². The molecular formula is C19H17BrN4O2S. The maximum Gasteiger partial charge on any atom is 0.321 e. The Morgan fingerprint density at radius 3 is 2.56 bits per heavy atom. The van der Waals surface area contributed by atoms with E-state index in [9.17, 15) is 9.59 Å². The second kappa shape index (κ2) is 8.96. The summed E-state index contributed by atoms with van der Waals surface area (Å²) >= 11 is 4.70. The number of fused-ring (bicyclic) bond motifs is 1. The second-order valence-electron chi connectivity index (χ2n) is 5.57. The number of amides is 3. The highest BCUT2D eigenvalue weighted by molar-refractivity contribution is 9.10. The van der Waals surface area contributed by atoms with E-state index < -0.39 is 6.03 Å². The van der Waals surface area contributed by atoms with Crippen molar-refractivity contribution in [2.24, 2.45) is 0 Å². The van der Waals surface area contributed by atoms with Crippen LogP contribution in [-0.2, 0) is 4.79 Å². The van der Waals surface area contributed by atoms with Crippen LogP contribution in [0.5, 0.6) is 0 Å². The number of urea groups is 1. The molecule has 0 bridgehead atoms. The molecular weight excluding hydrogens is 428 g/mol. The number of aromatic nitrogens is 2. The third-order valence-electron chi connectivity index (χ3n) is 3.60. The van der Waals surface area contributed by atoms with Crippen LogP contribution in [-0.4, -0.2) is 34.2 Å². The van der Waals surface area contributed by atoms with Gasteiger partial charge in [0.25, 0.3) is 0 Å². The fourth-order valence-corrected chi connectivity index (χ4v) is 3.47. The molecule has 0 aliphatic rings. The van der Waals surface area contributed by atoms with E-state index in [1.54, 1.807) is 6.92 Å². The number of hydrogen-bond acceptors (Lipinski definition) is 5. The van der Waals surface area contributed by atoms with E-state index in [4.69, 9.17) is 0 Å². The normalized spacial score (nSPS) is 10.6. The first kappa shape index (κ1) is 19.3. The van der Waals surface area contributed by atoms with Crippen LogP contribution in [0, 0.1) is 0 Å². The number of carbonyl (C=O) groups excluding carboxylic acids is 2. The third kappa shape index (κ3) is 5.05. The molecule has 0 unspecified atom stereocenters. The lowest BCUT2D eigenvalue weighted by atomic mass is 10.2. The first-order chi connectivity index (χ1) is 13.1. The second-order valence-corrected chi connectivity index (χ2v) is 7.45. The van der Waals surface area contributed by atoms with Crippen molar-refractivity contribution in [1.29, 1.82) is 0 Å². The highest BCUT2D eigenvalue weighted by Crippen LogP contribution is 2.28. The molecule has 6 nitrogen and oxygen atoms in total. The van der Waals surface area contributed by atoms with Gasteiger partial charge < -0.3 is 5.32 Å². The maximum absolute atomic E-state index is 12.0. The number of hydrogen-bond donors (Lipinski definition) is 2. The number of benzene rings is 2. The predicted molar refractivity (Wildman–Crippen MR) is 111 cm³/mol. The Labute approximate surface area is 169 Å². The number of para-hydroxylation sites is 1. The zero-order valence-electron chi connectivity index (χ0n) is 14.5. The molecule has 3 amide bonds. The van der Waals surface area contributed by atoms with Gasteiger partial charge >= 0.3 is 6.03 Å². The summed E-state index contributed by atoms with van der Waals surface area (Å²) in [6, 6.07) is 14.9. The molecule has 0 radical (unpaired) electrons. The van der Waals surface area contributed by atoms with Gasteiger partial charge in [-0.05, 0) is 25.1 Å². The number of nitrogens with one attached hydrogen (secondary N) is 2. The van der Waals surface area contributed by atoms with Crippen LogP contribution in [0.2, 0.25) is 0 Å². The van der Waals surface area contributed by atoms with Gasteiger partial charge in [-0.25, -0.2) is 14.8 Å². The molecule has 2 N–H and O–H groups in total. The Morgan fingerprint density at radius 2 is 1.81 bits per heavy atom. The number of thioether (sulfide) groups is 1. The highest BCUT2D eigenvalue weighted by Gasteiger charge is 2.13. The van der Waals surface area contributed by atoms with Crippen LogP contribution < -0.4 is 10.6 Å². The summed E-state index contributed by atoms with van der Waals surface area (Å²) in [6.45, 7) is 2.24. The topological polar surface area (TPSA) is 84.0 Å². The van der Waals surface area contributed by atoms with E-state index in [1.807, 2.05) is 48.5 Å². The van der Waals surface area contributed by atoms with Crippen molar-refractivity contribution in [3.05, 3.63) is 53.0 Å². The molecule has 8 heteroatoms. The molecule has 1 heterocycles. The summed E-state index contributed by atoms with van der Waals surface area (Å²) in [5, 5.41) is 6.39. The minimum atomic E-state index is -0.494. The van der Waals surface area contributed by atoms with E-state index in [2.05, 4.69) is 36.5 Å². The van der Waals surface area contributed by atoms with Gasteiger partial charge in [-0.1, -0.05) is 58.0 Å². The average Bonchev–Trinajstić information content (AvgIpc) is 2.66. The van der Waals surface area contributed by atoms with Crippen LogP contribution in [0.4, 0.5) is 4.79 Å². The smallest absolute Gasteiger partial charge is 0.321 e. The molecule has 27 heavy (non-hydrogen) atoms. The minimum Gasteiger partial charge on any atom is -0.338 e. The van der Waals surface area contributed by atoms with Gasteiger partial charge in [-0.15, -0.1) is 0 Å². The van der Waals surface area contributed by atoms with E-state index in [0.717, 1.165) is 20.9 Å². The number of rotatable bonds is 5. The predicted octanol–water partition coefficient (Wildman–Crippen LogP) is 4.00. The Kier molecular flexibility index (Phi) is 6.41. The standard InChI is InChI=1S/C19H17BrN4O2S/c1-2-21-19(26)23-16(25)11-27-18-14-5-3-4-6-15(14)22-17(24-18)12-7-9-13(20)10-8-12/h3-10H,2,11H2,1H3,(H2,21,23,25,26). The Bertz CT molecular complexity index is 979. The molecule has 3 rings (SSSR count). The van der Waals surface area contributed by atoms with Crippen LogP contribution >= 0.6 is 27.7 Å². The zero-order chi connectivity index (χ0) is 19.2. The van der Waals surface area contributed by atoms with Gasteiger partial charge in [0.1, 0.15) is 5.03 Å². The number of carbonyl (C=O) groups is 2. The van der Waals surface area contributed by atoms with Crippen LogP contribution in [0.1, 0.15) is 6.92 Å². The summed E-state index contributed by atoms with van der Waals surface area (Å²) < 4.78 is 0.976. The first-order valence-corrected chi connectivity index (χ1v) is 10.1. The van der Waals surface area contributed by atoms with Crippen molar-refractivity contribution >= 4 is 50.5 Å². The van der Waals surface area contributed by atoms with Gasteiger partial charge in [-0.2, -0.15) is 0 Å². The van der Waals surface area contributed by atoms with Crippen molar-refractivity contribution in [1.82, 2.24) is 20.6 Å². The summed E-state index contributed by atoms with van der Waals surface area (Å²) in [5.74, 6) is 0.296. The third-order valence-corrected chi connectivity index (χ3v) is 5.12. The van der Waals surface area contributed by atoms with Crippen molar-refractivity contribution in [3.8, 4) is 11.4 Å². The summed E-state index contributed by atoms with van der Waals surface area (Å²) in [5.41, 5.74) is 1.69. The molecule has 2 aromatic carbocycles. The SMILES string of the molecule is CCNC(=O)NC(=O)CSc1nc(-c2ccc(Br)cc2)nc2ccccc12. The number of halogens is 1. The molecule has 0 saturated carbocycles. The van der Waals surface area contributed by atoms with Gasteiger partial charge in [-0.3, -0.25) is 10.1 Å². The van der Waals surface area contributed by atoms with Gasteiger partial charge in [0.2, 0.25) is 5.91 Å². The molecule has 1 aromatic heterocycles. The largest absolute Gasteiger partial charge is 0.338 e. The molecule has 138 valence electrons. The van der Waals surface area contributed by atoms with Gasteiger partial charge in [0.15, 0.2) is 5.82 Å². The molecule has 0 aliphatic heterocycles. The fourth-order valence-electron chi connectivity index (χ4n) is 2.39.